The van der Waals surface area contributed by atoms with Gasteiger partial charge >= 0.3 is 0 Å². The number of hydrogen-bond acceptors (Lipinski definition) is 12. The largest absolute Gasteiger partial charge is 0.379 e. The fraction of sp³-hybridized carbons (Fsp3) is 1.00. The highest BCUT2D eigenvalue weighted by Gasteiger charge is 2.32. The lowest BCUT2D eigenvalue weighted by Gasteiger charge is -2.33. The lowest BCUT2D eigenvalue weighted by Crippen LogP contribution is -2.42. The summed E-state index contributed by atoms with van der Waals surface area (Å²) in [5, 5.41) is 0. The standard InChI is InChI=1S/C24H50O8.4C2H6S.4CH4/c1-5-9-26-13-17-30-21-24(20-29-16-12-25-8-4,22-31-18-14-27-10-6-2)23-32-19-15-28-11-7-3;4*1-3-2;;;;/h5-23H2,1-4H3;4*1-2H3;4*1H4. The highest BCUT2D eigenvalue weighted by atomic mass is 32.2. The van der Waals surface area contributed by atoms with Crippen molar-refractivity contribution in [2.75, 3.05) is 156 Å². The molecule has 0 amide bonds. The SMILES string of the molecule is C.C.C.C.CCCOCCOCC(COCCOCC)(COCCOCCC)COCCOCCC.CSC.CSC.CSC.CSC. The van der Waals surface area contributed by atoms with Gasteiger partial charge in [0.1, 0.15) is 0 Å². The van der Waals surface area contributed by atoms with Gasteiger partial charge in [-0.2, -0.15) is 47.0 Å². The van der Waals surface area contributed by atoms with E-state index in [4.69, 9.17) is 37.9 Å². The van der Waals surface area contributed by atoms with Crippen molar-refractivity contribution in [2.45, 2.75) is 76.7 Å². The second-order valence-electron chi connectivity index (χ2n) is 9.38. The summed E-state index contributed by atoms with van der Waals surface area (Å²) in [6.45, 7) is 17.4. The van der Waals surface area contributed by atoms with Crippen molar-refractivity contribution in [1.82, 2.24) is 0 Å². The third-order valence-electron chi connectivity index (χ3n) is 4.37. The summed E-state index contributed by atoms with van der Waals surface area (Å²) >= 11 is 7.00. The van der Waals surface area contributed by atoms with Crippen LogP contribution in [0.5, 0.6) is 0 Å². The molecule has 0 atom stereocenters. The van der Waals surface area contributed by atoms with Crippen LogP contribution >= 0.6 is 47.0 Å². The summed E-state index contributed by atoms with van der Waals surface area (Å²) in [6.07, 6.45) is 19.3. The van der Waals surface area contributed by atoms with Crippen LogP contribution in [-0.4, -0.2) is 156 Å². The van der Waals surface area contributed by atoms with Gasteiger partial charge in [-0.3, -0.25) is 0 Å². The lowest BCUT2D eigenvalue weighted by molar-refractivity contribution is -0.121. The summed E-state index contributed by atoms with van der Waals surface area (Å²) in [6, 6.07) is 0. The first-order chi connectivity index (χ1) is 21.4. The van der Waals surface area contributed by atoms with Crippen LogP contribution in [0.4, 0.5) is 0 Å². The van der Waals surface area contributed by atoms with Crippen LogP contribution in [0, 0.1) is 5.41 Å². The Balaban J connectivity index is -0.000000118. The van der Waals surface area contributed by atoms with E-state index in [0.29, 0.717) is 85.9 Å². The van der Waals surface area contributed by atoms with E-state index in [1.165, 1.54) is 0 Å². The average molecular weight is 779 g/mol. The smallest absolute Gasteiger partial charge is 0.0700 e. The molecule has 306 valence electrons. The maximum atomic E-state index is 5.96. The molecular formula is C36H90O8S4. The minimum absolute atomic E-state index is 0. The molecule has 48 heavy (non-hydrogen) atoms. The Labute approximate surface area is 321 Å². The van der Waals surface area contributed by atoms with Crippen molar-refractivity contribution in [3.63, 3.8) is 0 Å². The van der Waals surface area contributed by atoms with Crippen LogP contribution in [0.3, 0.4) is 0 Å². The van der Waals surface area contributed by atoms with Crippen LogP contribution in [0.25, 0.3) is 0 Å². The van der Waals surface area contributed by atoms with E-state index in [-0.39, 0.29) is 29.7 Å². The number of thioether (sulfide) groups is 4. The Morgan fingerprint density at radius 3 is 0.688 bits per heavy atom. The zero-order chi connectivity index (χ0) is 34.4. The summed E-state index contributed by atoms with van der Waals surface area (Å²) in [4.78, 5) is 0. The van der Waals surface area contributed by atoms with Gasteiger partial charge in [0, 0.05) is 26.4 Å². The Morgan fingerprint density at radius 2 is 0.500 bits per heavy atom. The predicted octanol–water partition coefficient (Wildman–Crippen LogP) is 9.82. The molecule has 0 heterocycles. The van der Waals surface area contributed by atoms with E-state index in [1.807, 2.05) is 57.0 Å². The molecule has 0 fully saturated rings. The van der Waals surface area contributed by atoms with Crippen molar-refractivity contribution in [2.24, 2.45) is 5.41 Å². The Morgan fingerprint density at radius 1 is 0.312 bits per heavy atom. The number of rotatable bonds is 27. The van der Waals surface area contributed by atoms with Gasteiger partial charge in [-0.15, -0.1) is 0 Å². The van der Waals surface area contributed by atoms with Crippen LogP contribution in [0.2, 0.25) is 0 Å². The molecule has 12 heteroatoms. The zero-order valence-electron chi connectivity index (χ0n) is 30.8. The van der Waals surface area contributed by atoms with Gasteiger partial charge in [0.05, 0.1) is 84.7 Å². The first kappa shape index (κ1) is 70.6. The van der Waals surface area contributed by atoms with Crippen molar-refractivity contribution in [1.29, 1.82) is 0 Å². The molecule has 0 spiro atoms. The molecule has 0 unspecified atom stereocenters. The van der Waals surface area contributed by atoms with Crippen LogP contribution in [-0.2, 0) is 37.9 Å². The molecule has 0 aliphatic rings. The summed E-state index contributed by atoms with van der Waals surface area (Å²) in [7, 11) is 0. The molecule has 0 rings (SSSR count). The molecule has 0 radical (unpaired) electrons. The van der Waals surface area contributed by atoms with Crippen molar-refractivity contribution in [3.8, 4) is 0 Å². The minimum atomic E-state index is -0.424. The normalized spacial score (nSPS) is 9.50. The fourth-order valence-corrected chi connectivity index (χ4v) is 2.76. The van der Waals surface area contributed by atoms with E-state index in [1.54, 1.807) is 47.0 Å². The molecule has 0 N–H and O–H groups in total. The van der Waals surface area contributed by atoms with Crippen LogP contribution in [0.15, 0.2) is 0 Å². The van der Waals surface area contributed by atoms with E-state index in [2.05, 4.69) is 20.8 Å². The minimum Gasteiger partial charge on any atom is -0.379 e. The van der Waals surface area contributed by atoms with Gasteiger partial charge in [-0.05, 0) is 76.2 Å². The van der Waals surface area contributed by atoms with E-state index in [9.17, 15) is 0 Å². The average Bonchev–Trinajstić information content (AvgIpc) is 3.00. The quantitative estimate of drug-likeness (QED) is 0.0746. The van der Waals surface area contributed by atoms with Gasteiger partial charge in [0.15, 0.2) is 0 Å². The Kier molecular flexibility index (Phi) is 108. The van der Waals surface area contributed by atoms with Gasteiger partial charge in [0.2, 0.25) is 0 Å². The number of hydrogen-bond donors (Lipinski definition) is 0. The maximum absolute atomic E-state index is 5.96. The fourth-order valence-electron chi connectivity index (χ4n) is 2.76. The molecular weight excluding hydrogens is 689 g/mol. The van der Waals surface area contributed by atoms with Crippen LogP contribution in [0.1, 0.15) is 76.7 Å². The third kappa shape index (κ3) is 76.8. The highest BCUT2D eigenvalue weighted by Crippen LogP contribution is 2.21. The van der Waals surface area contributed by atoms with E-state index < -0.39 is 5.41 Å². The van der Waals surface area contributed by atoms with Crippen LogP contribution < -0.4 is 0 Å². The van der Waals surface area contributed by atoms with Gasteiger partial charge in [-0.1, -0.05) is 50.5 Å². The van der Waals surface area contributed by atoms with Crippen molar-refractivity contribution >= 4 is 47.0 Å². The zero-order valence-corrected chi connectivity index (χ0v) is 34.1. The first-order valence-electron chi connectivity index (χ1n) is 15.6. The molecule has 0 aromatic carbocycles. The highest BCUT2D eigenvalue weighted by molar-refractivity contribution is 7.98. The molecule has 0 aliphatic carbocycles. The van der Waals surface area contributed by atoms with Gasteiger partial charge < -0.3 is 37.9 Å². The monoisotopic (exact) mass is 779 g/mol. The first-order valence-corrected chi connectivity index (χ1v) is 22.2. The molecule has 8 nitrogen and oxygen atoms in total. The van der Waals surface area contributed by atoms with Gasteiger partial charge in [-0.25, -0.2) is 0 Å². The third-order valence-corrected chi connectivity index (χ3v) is 4.37. The Hall–Kier alpha value is 1.08. The van der Waals surface area contributed by atoms with E-state index in [0.717, 1.165) is 39.1 Å². The predicted molar refractivity (Wildman–Crippen MR) is 230 cm³/mol. The topological polar surface area (TPSA) is 73.8 Å². The summed E-state index contributed by atoms with van der Waals surface area (Å²) in [5.74, 6) is 0. The molecule has 0 aliphatic heterocycles. The molecule has 0 aromatic rings. The van der Waals surface area contributed by atoms with Crippen molar-refractivity contribution < 1.29 is 37.9 Å². The molecule has 0 saturated heterocycles. The van der Waals surface area contributed by atoms with Crippen molar-refractivity contribution in [3.05, 3.63) is 0 Å². The maximum Gasteiger partial charge on any atom is 0.0700 e. The second kappa shape index (κ2) is 73.5. The Bertz CT molecular complexity index is 385. The van der Waals surface area contributed by atoms with Gasteiger partial charge in [0.25, 0.3) is 0 Å². The van der Waals surface area contributed by atoms with E-state index >= 15 is 0 Å². The molecule has 0 bridgehead atoms. The molecule has 0 aromatic heterocycles. The summed E-state index contributed by atoms with van der Waals surface area (Å²) < 4.78 is 45.8. The number of ether oxygens (including phenoxy) is 8. The molecule has 0 saturated carbocycles. The summed E-state index contributed by atoms with van der Waals surface area (Å²) in [5.41, 5.74) is -0.424. The lowest BCUT2D eigenvalue weighted by atomic mass is 9.92. The second-order valence-corrected chi connectivity index (χ2v) is 12.6.